The predicted molar refractivity (Wildman–Crippen MR) is 65.6 cm³/mol. The van der Waals surface area contributed by atoms with Gasteiger partial charge in [0.25, 0.3) is 0 Å². The molecular formula is C12H20N4O. The maximum atomic E-state index is 12.0. The van der Waals surface area contributed by atoms with Gasteiger partial charge >= 0.3 is 0 Å². The molecule has 1 fully saturated rings. The number of carbonyl (C=O) groups excluding carboxylic acids is 1. The molecule has 1 atom stereocenters. The van der Waals surface area contributed by atoms with E-state index in [-0.39, 0.29) is 11.9 Å². The van der Waals surface area contributed by atoms with Gasteiger partial charge in [0, 0.05) is 38.4 Å². The number of hydrogen-bond acceptors (Lipinski definition) is 3. The molecule has 1 amide bonds. The van der Waals surface area contributed by atoms with Gasteiger partial charge in [0.05, 0.1) is 6.04 Å². The van der Waals surface area contributed by atoms with E-state index in [2.05, 4.69) is 10.4 Å². The number of nitrogens with one attached hydrogen (secondary N) is 1. The molecule has 0 radical (unpaired) electrons. The van der Waals surface area contributed by atoms with E-state index in [0.717, 1.165) is 32.5 Å². The Bertz CT molecular complexity index is 388. The number of carbonyl (C=O) groups is 1. The zero-order valence-electron chi connectivity index (χ0n) is 10.5. The second-order valence-electron chi connectivity index (χ2n) is 4.42. The second kappa shape index (κ2) is 5.31. The summed E-state index contributed by atoms with van der Waals surface area (Å²) in [4.78, 5) is 13.9. The number of likely N-dealkylation sites (tertiary alicyclic amines) is 1. The predicted octanol–water partition coefficient (Wildman–Crippen LogP) is 0.173. The first-order valence-corrected chi connectivity index (χ1v) is 6.21. The summed E-state index contributed by atoms with van der Waals surface area (Å²) >= 11 is 0. The number of nitrogens with zero attached hydrogens (tertiary/aromatic N) is 3. The van der Waals surface area contributed by atoms with Crippen LogP contribution in [-0.2, 0) is 18.3 Å². The lowest BCUT2D eigenvalue weighted by molar-refractivity contribution is -0.129. The third-order valence-electron chi connectivity index (χ3n) is 3.31. The van der Waals surface area contributed by atoms with Crippen molar-refractivity contribution in [2.45, 2.75) is 25.8 Å². The number of rotatable bonds is 5. The van der Waals surface area contributed by atoms with Crippen molar-refractivity contribution in [1.82, 2.24) is 20.0 Å². The Morgan fingerprint density at radius 1 is 1.59 bits per heavy atom. The van der Waals surface area contributed by atoms with Crippen LogP contribution in [0.5, 0.6) is 0 Å². The molecule has 1 saturated heterocycles. The molecule has 1 aromatic heterocycles. The molecule has 0 spiro atoms. The van der Waals surface area contributed by atoms with Crippen LogP contribution in [0.3, 0.4) is 0 Å². The lowest BCUT2D eigenvalue weighted by Gasteiger charge is -2.16. The van der Waals surface area contributed by atoms with Gasteiger partial charge in [-0.25, -0.2) is 0 Å². The van der Waals surface area contributed by atoms with Gasteiger partial charge in [-0.05, 0) is 19.0 Å². The van der Waals surface area contributed by atoms with Crippen LogP contribution in [0.15, 0.2) is 12.3 Å². The molecule has 1 aliphatic heterocycles. The molecule has 2 heterocycles. The Balaban J connectivity index is 1.85. The van der Waals surface area contributed by atoms with Crippen molar-refractivity contribution in [3.8, 4) is 0 Å². The standard InChI is InChI=1S/C12H20N4O/c1-3-13-11-6-9-16(12(11)17)8-5-10-4-7-14-15(10)2/h4,7,11,13H,3,5-6,8-9H2,1-2H3. The summed E-state index contributed by atoms with van der Waals surface area (Å²) in [5.41, 5.74) is 1.17. The normalized spacial score (nSPS) is 20.2. The minimum absolute atomic E-state index is 0.0338. The van der Waals surface area contributed by atoms with Crippen LogP contribution in [0.4, 0.5) is 0 Å². The highest BCUT2D eigenvalue weighted by molar-refractivity contribution is 5.83. The number of hydrogen-bond donors (Lipinski definition) is 1. The van der Waals surface area contributed by atoms with Gasteiger partial charge in [-0.15, -0.1) is 0 Å². The zero-order chi connectivity index (χ0) is 12.3. The highest BCUT2D eigenvalue weighted by Crippen LogP contribution is 2.12. The van der Waals surface area contributed by atoms with E-state index < -0.39 is 0 Å². The van der Waals surface area contributed by atoms with E-state index in [1.165, 1.54) is 5.69 Å². The molecule has 1 N–H and O–H groups in total. The van der Waals surface area contributed by atoms with Gasteiger partial charge in [0.1, 0.15) is 0 Å². The first kappa shape index (κ1) is 12.1. The number of amides is 1. The molecule has 94 valence electrons. The molecule has 2 rings (SSSR count). The van der Waals surface area contributed by atoms with Crippen molar-refractivity contribution < 1.29 is 4.79 Å². The maximum Gasteiger partial charge on any atom is 0.239 e. The Morgan fingerprint density at radius 3 is 3.06 bits per heavy atom. The molecular weight excluding hydrogens is 216 g/mol. The van der Waals surface area contributed by atoms with E-state index in [9.17, 15) is 4.79 Å². The van der Waals surface area contributed by atoms with Crippen LogP contribution in [-0.4, -0.2) is 46.3 Å². The SMILES string of the molecule is CCNC1CCN(CCc2ccnn2C)C1=O. The molecule has 17 heavy (non-hydrogen) atoms. The van der Waals surface area contributed by atoms with E-state index in [4.69, 9.17) is 0 Å². The number of likely N-dealkylation sites (N-methyl/N-ethyl adjacent to an activating group) is 1. The van der Waals surface area contributed by atoms with E-state index >= 15 is 0 Å². The number of aryl methyl sites for hydroxylation is 1. The molecule has 0 aliphatic carbocycles. The molecule has 0 saturated carbocycles. The van der Waals surface area contributed by atoms with Crippen molar-refractivity contribution in [3.63, 3.8) is 0 Å². The van der Waals surface area contributed by atoms with Crippen molar-refractivity contribution in [3.05, 3.63) is 18.0 Å². The fraction of sp³-hybridized carbons (Fsp3) is 0.667. The summed E-state index contributed by atoms with van der Waals surface area (Å²) in [5.74, 6) is 0.244. The van der Waals surface area contributed by atoms with Gasteiger partial charge in [-0.2, -0.15) is 5.10 Å². The average Bonchev–Trinajstić information content (AvgIpc) is 2.86. The molecule has 1 aliphatic rings. The van der Waals surface area contributed by atoms with Crippen LogP contribution in [0.1, 0.15) is 19.0 Å². The minimum Gasteiger partial charge on any atom is -0.341 e. The first-order chi connectivity index (χ1) is 8.22. The van der Waals surface area contributed by atoms with Crippen molar-refractivity contribution in [2.75, 3.05) is 19.6 Å². The summed E-state index contributed by atoms with van der Waals surface area (Å²) in [6.07, 6.45) is 3.60. The van der Waals surface area contributed by atoms with Gasteiger partial charge in [-0.3, -0.25) is 9.48 Å². The van der Waals surface area contributed by atoms with E-state index in [1.807, 2.05) is 29.6 Å². The lowest BCUT2D eigenvalue weighted by Crippen LogP contribution is -2.38. The van der Waals surface area contributed by atoms with Crippen molar-refractivity contribution in [2.24, 2.45) is 7.05 Å². The van der Waals surface area contributed by atoms with Crippen LogP contribution < -0.4 is 5.32 Å². The number of aromatic nitrogens is 2. The van der Waals surface area contributed by atoms with Crippen LogP contribution in [0, 0.1) is 0 Å². The Kier molecular flexibility index (Phi) is 3.78. The fourth-order valence-electron chi connectivity index (χ4n) is 2.29. The van der Waals surface area contributed by atoms with Crippen LogP contribution in [0.2, 0.25) is 0 Å². The van der Waals surface area contributed by atoms with Gasteiger partial charge in [0.15, 0.2) is 0 Å². The molecule has 5 heteroatoms. The van der Waals surface area contributed by atoms with E-state index in [1.54, 1.807) is 6.20 Å². The smallest absolute Gasteiger partial charge is 0.239 e. The third-order valence-corrected chi connectivity index (χ3v) is 3.31. The Hall–Kier alpha value is -1.36. The average molecular weight is 236 g/mol. The van der Waals surface area contributed by atoms with Crippen molar-refractivity contribution >= 4 is 5.91 Å². The molecule has 5 nitrogen and oxygen atoms in total. The zero-order valence-corrected chi connectivity index (χ0v) is 10.5. The quantitative estimate of drug-likeness (QED) is 0.793. The maximum absolute atomic E-state index is 12.0. The lowest BCUT2D eigenvalue weighted by atomic mass is 10.2. The minimum atomic E-state index is 0.0338. The van der Waals surface area contributed by atoms with Crippen LogP contribution >= 0.6 is 0 Å². The Morgan fingerprint density at radius 2 is 2.41 bits per heavy atom. The molecule has 0 aromatic carbocycles. The van der Waals surface area contributed by atoms with Gasteiger partial charge < -0.3 is 10.2 Å². The van der Waals surface area contributed by atoms with Gasteiger partial charge in [-0.1, -0.05) is 6.92 Å². The Labute approximate surface area is 102 Å². The molecule has 1 aromatic rings. The van der Waals surface area contributed by atoms with Crippen LogP contribution in [0.25, 0.3) is 0 Å². The highest BCUT2D eigenvalue weighted by Gasteiger charge is 2.30. The first-order valence-electron chi connectivity index (χ1n) is 6.21. The second-order valence-corrected chi connectivity index (χ2v) is 4.42. The molecule has 1 unspecified atom stereocenters. The van der Waals surface area contributed by atoms with Gasteiger partial charge in [0.2, 0.25) is 5.91 Å². The largest absolute Gasteiger partial charge is 0.341 e. The fourth-order valence-corrected chi connectivity index (χ4v) is 2.29. The topological polar surface area (TPSA) is 50.2 Å². The summed E-state index contributed by atoms with van der Waals surface area (Å²) in [6, 6.07) is 2.04. The molecule has 0 bridgehead atoms. The highest BCUT2D eigenvalue weighted by atomic mass is 16.2. The summed E-state index contributed by atoms with van der Waals surface area (Å²) in [7, 11) is 1.93. The summed E-state index contributed by atoms with van der Waals surface area (Å²) in [5, 5.41) is 7.35. The summed E-state index contributed by atoms with van der Waals surface area (Å²) < 4.78 is 1.86. The third kappa shape index (κ3) is 2.66. The summed E-state index contributed by atoms with van der Waals surface area (Å²) in [6.45, 7) is 4.55. The monoisotopic (exact) mass is 236 g/mol. The van der Waals surface area contributed by atoms with E-state index in [0.29, 0.717) is 0 Å². The van der Waals surface area contributed by atoms with Crippen molar-refractivity contribution in [1.29, 1.82) is 0 Å².